The van der Waals surface area contributed by atoms with E-state index in [-0.39, 0.29) is 0 Å². The zero-order valence-corrected chi connectivity index (χ0v) is 11.9. The van der Waals surface area contributed by atoms with Crippen LogP contribution in [0.4, 0.5) is 0 Å². The van der Waals surface area contributed by atoms with E-state index in [1.165, 1.54) is 31.2 Å². The van der Waals surface area contributed by atoms with Gasteiger partial charge in [0.25, 0.3) is 0 Å². The van der Waals surface area contributed by atoms with E-state index in [0.717, 1.165) is 31.2 Å². The molecule has 0 amide bonds. The molecule has 0 spiro atoms. The molecule has 2 unspecified atom stereocenters. The molecule has 1 N–H and O–H groups in total. The van der Waals surface area contributed by atoms with Gasteiger partial charge >= 0.3 is 0 Å². The van der Waals surface area contributed by atoms with Gasteiger partial charge in [-0.2, -0.15) is 0 Å². The smallest absolute Gasteiger partial charge is 0.122 e. The van der Waals surface area contributed by atoms with Crippen LogP contribution in [0, 0.1) is 5.92 Å². The minimum absolute atomic E-state index is 0.619. The van der Waals surface area contributed by atoms with E-state index < -0.39 is 0 Å². The van der Waals surface area contributed by atoms with Crippen LogP contribution in [0.15, 0.2) is 24.3 Å². The minimum atomic E-state index is 0.619. The maximum Gasteiger partial charge on any atom is 0.122 e. The molecular formula is C17H25NO. The number of rotatable bonds is 4. The second-order valence-electron chi connectivity index (χ2n) is 6.11. The van der Waals surface area contributed by atoms with Crippen LogP contribution in [0.2, 0.25) is 0 Å². The van der Waals surface area contributed by atoms with Gasteiger partial charge in [-0.1, -0.05) is 31.0 Å². The molecule has 0 radical (unpaired) electrons. The number of nitrogens with one attached hydrogen (secondary N) is 1. The molecule has 1 heterocycles. The Kier molecular flexibility index (Phi) is 4.07. The Hall–Kier alpha value is -1.02. The molecule has 2 aliphatic rings. The zero-order chi connectivity index (χ0) is 13.1. The maximum atomic E-state index is 5.73. The molecule has 1 fully saturated rings. The summed E-state index contributed by atoms with van der Waals surface area (Å²) in [6.45, 7) is 4.32. The van der Waals surface area contributed by atoms with Crippen molar-refractivity contribution in [3.05, 3.63) is 29.8 Å². The first kappa shape index (κ1) is 13.0. The molecule has 2 atom stereocenters. The molecule has 2 nitrogen and oxygen atoms in total. The average Bonchev–Trinajstić information content (AvgIpc) is 2.99. The van der Waals surface area contributed by atoms with Crippen molar-refractivity contribution in [2.45, 2.75) is 51.0 Å². The van der Waals surface area contributed by atoms with Crippen LogP contribution in [0.1, 0.15) is 50.5 Å². The molecule has 19 heavy (non-hydrogen) atoms. The van der Waals surface area contributed by atoms with Crippen molar-refractivity contribution in [3.8, 4) is 5.75 Å². The molecule has 0 bridgehead atoms. The number of hydrogen-bond acceptors (Lipinski definition) is 2. The Morgan fingerprint density at radius 3 is 2.84 bits per heavy atom. The highest BCUT2D eigenvalue weighted by atomic mass is 16.5. The van der Waals surface area contributed by atoms with E-state index >= 15 is 0 Å². The first-order chi connectivity index (χ1) is 9.34. The lowest BCUT2D eigenvalue weighted by atomic mass is 9.92. The zero-order valence-electron chi connectivity index (χ0n) is 11.9. The third-order valence-corrected chi connectivity index (χ3v) is 4.88. The number of para-hydroxylation sites is 1. The van der Waals surface area contributed by atoms with Crippen LogP contribution in [0.3, 0.4) is 0 Å². The molecule has 1 aliphatic heterocycles. The molecule has 1 saturated carbocycles. The standard InChI is InChI=1S/C17H25NO/c1-13(14-6-2-3-7-14)18-12-15-10-11-19-17-9-5-4-8-16(15)17/h4-5,8-9,13-15,18H,2-3,6-7,10-12H2,1H3. The highest BCUT2D eigenvalue weighted by molar-refractivity contribution is 5.37. The lowest BCUT2D eigenvalue weighted by Crippen LogP contribution is -2.36. The molecule has 1 aliphatic carbocycles. The van der Waals surface area contributed by atoms with Gasteiger partial charge in [0.1, 0.15) is 5.75 Å². The molecule has 3 rings (SSSR count). The fraction of sp³-hybridized carbons (Fsp3) is 0.647. The van der Waals surface area contributed by atoms with E-state index in [0.29, 0.717) is 12.0 Å². The summed E-state index contributed by atoms with van der Waals surface area (Å²) in [6.07, 6.45) is 6.83. The third kappa shape index (κ3) is 2.94. The fourth-order valence-corrected chi connectivity index (χ4v) is 3.58. The topological polar surface area (TPSA) is 21.3 Å². The Morgan fingerprint density at radius 1 is 1.21 bits per heavy atom. The van der Waals surface area contributed by atoms with Crippen LogP contribution < -0.4 is 10.1 Å². The second kappa shape index (κ2) is 5.96. The van der Waals surface area contributed by atoms with Gasteiger partial charge in [-0.3, -0.25) is 0 Å². The summed E-state index contributed by atoms with van der Waals surface area (Å²) in [4.78, 5) is 0. The molecular weight excluding hydrogens is 234 g/mol. The quantitative estimate of drug-likeness (QED) is 0.889. The van der Waals surface area contributed by atoms with Gasteiger partial charge in [-0.15, -0.1) is 0 Å². The van der Waals surface area contributed by atoms with Crippen molar-refractivity contribution in [1.82, 2.24) is 5.32 Å². The predicted octanol–water partition coefficient (Wildman–Crippen LogP) is 3.72. The van der Waals surface area contributed by atoms with Crippen molar-refractivity contribution in [2.24, 2.45) is 5.92 Å². The van der Waals surface area contributed by atoms with Gasteiger partial charge < -0.3 is 10.1 Å². The molecule has 104 valence electrons. The van der Waals surface area contributed by atoms with Crippen LogP contribution in [0.25, 0.3) is 0 Å². The van der Waals surface area contributed by atoms with E-state index in [1.54, 1.807) is 0 Å². The van der Waals surface area contributed by atoms with Crippen molar-refractivity contribution in [1.29, 1.82) is 0 Å². The SMILES string of the molecule is CC(NCC1CCOc2ccccc21)C1CCCC1. The van der Waals surface area contributed by atoms with Crippen LogP contribution in [-0.2, 0) is 0 Å². The Balaban J connectivity index is 1.58. The molecule has 2 heteroatoms. The lowest BCUT2D eigenvalue weighted by molar-refractivity contribution is 0.258. The molecule has 1 aromatic carbocycles. The summed E-state index contributed by atoms with van der Waals surface area (Å²) in [7, 11) is 0. The number of benzene rings is 1. The lowest BCUT2D eigenvalue weighted by Gasteiger charge is -2.28. The first-order valence-electron chi connectivity index (χ1n) is 7.79. The summed E-state index contributed by atoms with van der Waals surface area (Å²) < 4.78 is 5.73. The Labute approximate surface area is 116 Å². The minimum Gasteiger partial charge on any atom is -0.493 e. The third-order valence-electron chi connectivity index (χ3n) is 4.88. The molecule has 0 aromatic heterocycles. The fourth-order valence-electron chi connectivity index (χ4n) is 3.58. The summed E-state index contributed by atoms with van der Waals surface area (Å²) in [5.41, 5.74) is 1.39. The van der Waals surface area contributed by atoms with Gasteiger partial charge in [0, 0.05) is 18.5 Å². The Bertz CT molecular complexity index is 411. The molecule has 1 aromatic rings. The largest absolute Gasteiger partial charge is 0.493 e. The van der Waals surface area contributed by atoms with Gasteiger partial charge in [-0.25, -0.2) is 0 Å². The molecule has 0 saturated heterocycles. The van der Waals surface area contributed by atoms with E-state index in [1.807, 2.05) is 0 Å². The normalized spacial score (nSPS) is 24.8. The van der Waals surface area contributed by atoms with Crippen molar-refractivity contribution in [3.63, 3.8) is 0 Å². The van der Waals surface area contributed by atoms with Crippen LogP contribution in [0.5, 0.6) is 5.75 Å². The van der Waals surface area contributed by atoms with Crippen LogP contribution >= 0.6 is 0 Å². The van der Waals surface area contributed by atoms with Crippen LogP contribution in [-0.4, -0.2) is 19.2 Å². The summed E-state index contributed by atoms with van der Waals surface area (Å²) in [5.74, 6) is 2.61. The monoisotopic (exact) mass is 259 g/mol. The highest BCUT2D eigenvalue weighted by Crippen LogP contribution is 2.33. The second-order valence-corrected chi connectivity index (χ2v) is 6.11. The van der Waals surface area contributed by atoms with Crippen molar-refractivity contribution >= 4 is 0 Å². The predicted molar refractivity (Wildman–Crippen MR) is 78.7 cm³/mol. The van der Waals surface area contributed by atoms with E-state index in [2.05, 4.69) is 36.5 Å². The number of ether oxygens (including phenoxy) is 1. The summed E-state index contributed by atoms with van der Waals surface area (Å²) in [5, 5.41) is 3.78. The Morgan fingerprint density at radius 2 is 2.00 bits per heavy atom. The van der Waals surface area contributed by atoms with Crippen molar-refractivity contribution in [2.75, 3.05) is 13.2 Å². The van der Waals surface area contributed by atoms with E-state index in [4.69, 9.17) is 4.74 Å². The summed E-state index contributed by atoms with van der Waals surface area (Å²) in [6, 6.07) is 9.18. The van der Waals surface area contributed by atoms with Gasteiger partial charge in [0.15, 0.2) is 0 Å². The van der Waals surface area contributed by atoms with Gasteiger partial charge in [-0.05, 0) is 43.7 Å². The summed E-state index contributed by atoms with van der Waals surface area (Å²) >= 11 is 0. The number of hydrogen-bond donors (Lipinski definition) is 1. The van der Waals surface area contributed by atoms with E-state index in [9.17, 15) is 0 Å². The number of fused-ring (bicyclic) bond motifs is 1. The van der Waals surface area contributed by atoms with Gasteiger partial charge in [0.05, 0.1) is 6.61 Å². The maximum absolute atomic E-state index is 5.73. The average molecular weight is 259 g/mol. The van der Waals surface area contributed by atoms with Gasteiger partial charge in [0.2, 0.25) is 0 Å². The van der Waals surface area contributed by atoms with Crippen molar-refractivity contribution < 1.29 is 4.74 Å². The first-order valence-corrected chi connectivity index (χ1v) is 7.79. The highest BCUT2D eigenvalue weighted by Gasteiger charge is 2.24.